The summed E-state index contributed by atoms with van der Waals surface area (Å²) in [6, 6.07) is 8.34. The standard InChI is InChI=1S/C29H24F6N6O5S/c1-14-7-26(46-28-17(30)3-2-4-18(28)31)37-12-22(14)41-29(36)16(11-38-41)27(42)21-8-15-9-23(45-13-25(34)35)20(10-19(15)39-21)40-47(43,44)6-5-24(32)33/h2-4,7-12,24-25,39-40H,5-6,13,36H2,1H3. The van der Waals surface area contributed by atoms with E-state index in [1.807, 2.05) is 0 Å². The molecule has 4 N–H and O–H groups in total. The zero-order valence-electron chi connectivity index (χ0n) is 24.1. The minimum absolute atomic E-state index is 0.0470. The van der Waals surface area contributed by atoms with Crippen molar-refractivity contribution in [3.63, 3.8) is 0 Å². The summed E-state index contributed by atoms with van der Waals surface area (Å²) in [7, 11) is -4.32. The highest BCUT2D eigenvalue weighted by atomic mass is 32.2. The molecule has 0 radical (unpaired) electrons. The molecule has 0 aliphatic rings. The number of carbonyl (C=O) groups is 1. The molecule has 18 heteroatoms. The number of nitrogens with one attached hydrogen (secondary N) is 2. The van der Waals surface area contributed by atoms with Crippen LogP contribution in [0.2, 0.25) is 0 Å². The van der Waals surface area contributed by atoms with Gasteiger partial charge in [0.25, 0.3) is 6.43 Å². The van der Waals surface area contributed by atoms with Crippen molar-refractivity contribution in [2.45, 2.75) is 26.2 Å². The third kappa shape index (κ3) is 7.43. The first-order chi connectivity index (χ1) is 22.2. The molecule has 11 nitrogen and oxygen atoms in total. The van der Waals surface area contributed by atoms with Crippen LogP contribution in [0, 0.1) is 18.6 Å². The third-order valence-electron chi connectivity index (χ3n) is 6.66. The smallest absolute Gasteiger partial charge is 0.272 e. The number of ketones is 1. The van der Waals surface area contributed by atoms with E-state index in [1.165, 1.54) is 47.4 Å². The largest absolute Gasteiger partial charge is 0.485 e. The number of alkyl halides is 4. The van der Waals surface area contributed by atoms with Gasteiger partial charge in [0.1, 0.15) is 18.2 Å². The first kappa shape index (κ1) is 33.1. The number of anilines is 2. The van der Waals surface area contributed by atoms with Gasteiger partial charge in [0.15, 0.2) is 11.6 Å². The monoisotopic (exact) mass is 682 g/mol. The van der Waals surface area contributed by atoms with Crippen LogP contribution in [0.4, 0.5) is 37.8 Å². The number of aromatic nitrogens is 4. The number of nitrogens with zero attached hydrogens (tertiary/aromatic N) is 3. The summed E-state index contributed by atoms with van der Waals surface area (Å²) in [6.45, 7) is 0.527. The van der Waals surface area contributed by atoms with E-state index in [4.69, 9.17) is 15.2 Å². The molecule has 0 fully saturated rings. The number of rotatable bonds is 13. The van der Waals surface area contributed by atoms with Gasteiger partial charge in [0.2, 0.25) is 33.9 Å². The minimum Gasteiger partial charge on any atom is -0.485 e. The molecule has 47 heavy (non-hydrogen) atoms. The van der Waals surface area contributed by atoms with Gasteiger partial charge in [-0.15, -0.1) is 0 Å². The lowest BCUT2D eigenvalue weighted by molar-refractivity contribution is 0.0823. The van der Waals surface area contributed by atoms with Crippen molar-refractivity contribution in [1.29, 1.82) is 0 Å². The molecule has 3 heterocycles. The molecular formula is C29H24F6N6O5S. The summed E-state index contributed by atoms with van der Waals surface area (Å²) in [5.74, 6) is -4.64. The average molecular weight is 683 g/mol. The zero-order chi connectivity index (χ0) is 34.0. The summed E-state index contributed by atoms with van der Waals surface area (Å²) in [5, 5.41) is 4.43. The number of aromatic amines is 1. The fraction of sp³-hybridized carbons (Fsp3) is 0.207. The van der Waals surface area contributed by atoms with Crippen LogP contribution in [0.1, 0.15) is 28.0 Å². The lowest BCUT2D eigenvalue weighted by Gasteiger charge is -2.14. The Bertz CT molecular complexity index is 2050. The maximum Gasteiger partial charge on any atom is 0.272 e. The number of ether oxygens (including phenoxy) is 2. The Balaban J connectivity index is 1.42. The molecule has 248 valence electrons. The number of hydrogen-bond donors (Lipinski definition) is 3. The van der Waals surface area contributed by atoms with Gasteiger partial charge in [-0.05, 0) is 42.8 Å². The van der Waals surface area contributed by atoms with Gasteiger partial charge in [-0.25, -0.2) is 44.4 Å². The van der Waals surface area contributed by atoms with E-state index in [2.05, 4.69) is 19.8 Å². The molecule has 0 saturated carbocycles. The van der Waals surface area contributed by atoms with Crippen molar-refractivity contribution < 1.29 is 49.0 Å². The Labute approximate surface area is 262 Å². The van der Waals surface area contributed by atoms with Crippen LogP contribution in [-0.2, 0) is 10.0 Å². The van der Waals surface area contributed by atoms with Gasteiger partial charge < -0.3 is 20.2 Å². The maximum absolute atomic E-state index is 14.0. The van der Waals surface area contributed by atoms with Gasteiger partial charge in [-0.2, -0.15) is 5.10 Å². The first-order valence-electron chi connectivity index (χ1n) is 13.6. The van der Waals surface area contributed by atoms with Crippen LogP contribution in [0.25, 0.3) is 16.6 Å². The number of nitrogen functional groups attached to an aromatic ring is 1. The number of pyridine rings is 1. The van der Waals surface area contributed by atoms with Crippen LogP contribution < -0.4 is 19.9 Å². The number of sulfonamides is 1. The SMILES string of the molecule is Cc1cc(Oc2c(F)cccc2F)ncc1-n1ncc(C(=O)c2cc3cc(OCC(F)F)c(NS(=O)(=O)CCC(F)F)cc3[nH]2)c1N. The number of nitrogens with two attached hydrogens (primary N) is 1. The Morgan fingerprint density at radius 3 is 2.45 bits per heavy atom. The molecule has 5 rings (SSSR count). The number of para-hydroxylation sites is 1. The Morgan fingerprint density at radius 2 is 1.79 bits per heavy atom. The molecule has 0 bridgehead atoms. The summed E-state index contributed by atoms with van der Waals surface area (Å²) in [5.41, 5.74) is 6.79. The van der Waals surface area contributed by atoms with Crippen molar-refractivity contribution in [1.82, 2.24) is 19.7 Å². The molecule has 0 aliphatic heterocycles. The number of aryl methyl sites for hydroxylation is 1. The number of hydrogen-bond acceptors (Lipinski definition) is 8. The molecule has 0 aliphatic carbocycles. The fourth-order valence-electron chi connectivity index (χ4n) is 4.45. The predicted molar refractivity (Wildman–Crippen MR) is 158 cm³/mol. The van der Waals surface area contributed by atoms with Crippen molar-refractivity contribution in [2.75, 3.05) is 22.8 Å². The van der Waals surface area contributed by atoms with Gasteiger partial charge in [-0.3, -0.25) is 9.52 Å². The highest BCUT2D eigenvalue weighted by Crippen LogP contribution is 2.34. The summed E-state index contributed by atoms with van der Waals surface area (Å²) < 4.78 is 117. The van der Waals surface area contributed by atoms with Crippen molar-refractivity contribution in [2.24, 2.45) is 0 Å². The molecule has 0 saturated heterocycles. The van der Waals surface area contributed by atoms with Crippen LogP contribution in [-0.4, -0.2) is 59.2 Å². The fourth-order valence-corrected chi connectivity index (χ4v) is 5.54. The maximum atomic E-state index is 14.0. The van der Waals surface area contributed by atoms with E-state index in [1.54, 1.807) is 6.92 Å². The van der Waals surface area contributed by atoms with Gasteiger partial charge >= 0.3 is 0 Å². The van der Waals surface area contributed by atoms with E-state index in [9.17, 15) is 39.6 Å². The van der Waals surface area contributed by atoms with Crippen LogP contribution >= 0.6 is 0 Å². The third-order valence-corrected chi connectivity index (χ3v) is 7.97. The molecule has 5 aromatic rings. The Kier molecular flexibility index (Phi) is 9.32. The molecule has 3 aromatic heterocycles. The number of carbonyl (C=O) groups excluding carboxylic acids is 1. The van der Waals surface area contributed by atoms with E-state index in [-0.39, 0.29) is 45.3 Å². The number of halogens is 6. The van der Waals surface area contributed by atoms with Crippen LogP contribution in [0.5, 0.6) is 17.4 Å². The second kappa shape index (κ2) is 13.2. The van der Waals surface area contributed by atoms with E-state index in [0.717, 1.165) is 12.1 Å². The topological polar surface area (TPSA) is 154 Å². The lowest BCUT2D eigenvalue weighted by atomic mass is 10.1. The van der Waals surface area contributed by atoms with Crippen LogP contribution in [0.15, 0.2) is 54.9 Å². The summed E-state index contributed by atoms with van der Waals surface area (Å²) in [6.07, 6.45) is -4.30. The zero-order valence-corrected chi connectivity index (χ0v) is 24.9. The normalized spacial score (nSPS) is 11.9. The highest BCUT2D eigenvalue weighted by Gasteiger charge is 2.23. The van der Waals surface area contributed by atoms with E-state index in [0.29, 0.717) is 11.3 Å². The molecule has 0 spiro atoms. The number of benzene rings is 2. The first-order valence-corrected chi connectivity index (χ1v) is 15.2. The van der Waals surface area contributed by atoms with Gasteiger partial charge in [0.05, 0.1) is 40.8 Å². The molecular weight excluding hydrogens is 658 g/mol. The predicted octanol–water partition coefficient (Wildman–Crippen LogP) is 5.98. The Morgan fingerprint density at radius 1 is 1.06 bits per heavy atom. The lowest BCUT2D eigenvalue weighted by Crippen LogP contribution is -2.19. The van der Waals surface area contributed by atoms with Crippen molar-refractivity contribution in [3.8, 4) is 23.1 Å². The Hall–Kier alpha value is -5.26. The van der Waals surface area contributed by atoms with Crippen molar-refractivity contribution >= 4 is 38.2 Å². The molecule has 0 atom stereocenters. The van der Waals surface area contributed by atoms with Gasteiger partial charge in [0, 0.05) is 23.4 Å². The average Bonchev–Trinajstić information content (AvgIpc) is 3.59. The second-order valence-electron chi connectivity index (χ2n) is 10.1. The molecule has 0 amide bonds. The number of fused-ring (bicyclic) bond motifs is 1. The highest BCUT2D eigenvalue weighted by molar-refractivity contribution is 7.92. The van der Waals surface area contributed by atoms with Crippen LogP contribution in [0.3, 0.4) is 0 Å². The second-order valence-corrected chi connectivity index (χ2v) is 11.9. The van der Waals surface area contributed by atoms with E-state index >= 15 is 0 Å². The van der Waals surface area contributed by atoms with E-state index < -0.39 is 64.8 Å². The van der Waals surface area contributed by atoms with Crippen molar-refractivity contribution in [3.05, 3.63) is 83.3 Å². The molecule has 0 unspecified atom stereocenters. The molecule has 2 aromatic carbocycles. The number of H-pyrrole nitrogens is 1. The quantitative estimate of drug-likeness (QED) is 0.101. The minimum atomic E-state index is -4.32. The summed E-state index contributed by atoms with van der Waals surface area (Å²) in [4.78, 5) is 20.3. The van der Waals surface area contributed by atoms with Gasteiger partial charge in [-0.1, -0.05) is 6.07 Å². The summed E-state index contributed by atoms with van der Waals surface area (Å²) >= 11 is 0.